The number of nitrogens with one attached hydrogen (secondary N) is 2. The van der Waals surface area contributed by atoms with Gasteiger partial charge in [0.25, 0.3) is 5.91 Å². The van der Waals surface area contributed by atoms with E-state index < -0.39 is 24.7 Å². The van der Waals surface area contributed by atoms with Gasteiger partial charge >= 0.3 is 6.18 Å². The van der Waals surface area contributed by atoms with Gasteiger partial charge in [-0.15, -0.1) is 24.8 Å². The molecule has 2 N–H and O–H groups in total. The molecule has 0 aliphatic carbocycles. The Labute approximate surface area is 155 Å². The summed E-state index contributed by atoms with van der Waals surface area (Å²) >= 11 is 5.65. The molecular weight excluding hydrogens is 392 g/mol. The predicted octanol–water partition coefficient (Wildman–Crippen LogP) is 2.14. The Bertz CT molecular complexity index is 510. The molecule has 138 valence electrons. The van der Waals surface area contributed by atoms with E-state index in [9.17, 15) is 18.0 Å². The van der Waals surface area contributed by atoms with Gasteiger partial charge in [-0.05, 0) is 12.1 Å². The van der Waals surface area contributed by atoms with Crippen LogP contribution in [0.25, 0.3) is 0 Å². The second-order valence-corrected chi connectivity index (χ2v) is 5.35. The number of pyridine rings is 1. The van der Waals surface area contributed by atoms with Crippen molar-refractivity contribution in [1.82, 2.24) is 20.5 Å². The Morgan fingerprint density at radius 3 is 2.46 bits per heavy atom. The van der Waals surface area contributed by atoms with Crippen molar-refractivity contribution < 1.29 is 18.0 Å². The first-order valence-corrected chi connectivity index (χ1v) is 7.17. The first kappa shape index (κ1) is 23.2. The van der Waals surface area contributed by atoms with Gasteiger partial charge in [0, 0.05) is 38.9 Å². The quantitative estimate of drug-likeness (QED) is 0.800. The molecule has 1 unspecified atom stereocenters. The lowest BCUT2D eigenvalue weighted by Gasteiger charge is -2.35. The normalized spacial score (nSPS) is 16.5. The Hall–Kier alpha value is -0.800. The van der Waals surface area contributed by atoms with E-state index in [0.29, 0.717) is 31.2 Å². The number of carbonyl (C=O) groups excluding carboxylic acids is 1. The minimum atomic E-state index is -4.40. The summed E-state index contributed by atoms with van der Waals surface area (Å²) in [5.41, 5.74) is 0.0330. The highest BCUT2D eigenvalue weighted by atomic mass is 35.5. The van der Waals surface area contributed by atoms with Gasteiger partial charge in [0.05, 0.1) is 5.02 Å². The molecule has 0 saturated carbocycles. The molecule has 0 aromatic carbocycles. The van der Waals surface area contributed by atoms with Crippen molar-refractivity contribution in [3.8, 4) is 0 Å². The molecule has 1 fully saturated rings. The van der Waals surface area contributed by atoms with Crippen molar-refractivity contribution in [2.75, 3.05) is 32.7 Å². The SMILES string of the molecule is Cl.Cl.O=C(NCC(N1CCNCC1)C(F)(F)F)c1ccc(Cl)cn1. The minimum Gasteiger partial charge on any atom is -0.349 e. The number of hydrogen-bond donors (Lipinski definition) is 2. The van der Waals surface area contributed by atoms with Crippen LogP contribution in [0.5, 0.6) is 0 Å². The van der Waals surface area contributed by atoms with Gasteiger partial charge in [-0.2, -0.15) is 13.2 Å². The molecule has 1 aliphatic heterocycles. The first-order chi connectivity index (χ1) is 10.4. The Morgan fingerprint density at radius 1 is 1.33 bits per heavy atom. The average Bonchev–Trinajstić information content (AvgIpc) is 2.47. The van der Waals surface area contributed by atoms with Crippen molar-refractivity contribution in [1.29, 1.82) is 0 Å². The van der Waals surface area contributed by atoms with E-state index in [1.807, 2.05) is 0 Å². The van der Waals surface area contributed by atoms with Gasteiger partial charge in [0.1, 0.15) is 11.7 Å². The molecule has 1 atom stereocenters. The summed E-state index contributed by atoms with van der Waals surface area (Å²) < 4.78 is 39.5. The van der Waals surface area contributed by atoms with E-state index in [1.165, 1.54) is 23.2 Å². The van der Waals surface area contributed by atoms with Crippen molar-refractivity contribution >= 4 is 42.3 Å². The molecule has 1 aliphatic rings. The summed E-state index contributed by atoms with van der Waals surface area (Å²) in [7, 11) is 0. The number of carbonyl (C=O) groups is 1. The summed E-state index contributed by atoms with van der Waals surface area (Å²) in [5, 5.41) is 5.65. The molecule has 1 aromatic rings. The van der Waals surface area contributed by atoms with Crippen LogP contribution >= 0.6 is 36.4 Å². The summed E-state index contributed by atoms with van der Waals surface area (Å²) in [5.74, 6) is -0.652. The minimum absolute atomic E-state index is 0. The summed E-state index contributed by atoms with van der Waals surface area (Å²) in [6, 6.07) is 1.12. The summed E-state index contributed by atoms with van der Waals surface area (Å²) in [4.78, 5) is 17.0. The Kier molecular flexibility index (Phi) is 9.91. The number of rotatable bonds is 4. The zero-order valence-corrected chi connectivity index (χ0v) is 14.9. The molecule has 5 nitrogen and oxygen atoms in total. The molecule has 0 spiro atoms. The number of piperazine rings is 1. The van der Waals surface area contributed by atoms with E-state index in [0.717, 1.165) is 0 Å². The molecular formula is C13H18Cl3F3N4O. The van der Waals surface area contributed by atoms with Crippen molar-refractivity contribution in [2.45, 2.75) is 12.2 Å². The lowest BCUT2D eigenvalue weighted by molar-refractivity contribution is -0.183. The fourth-order valence-electron chi connectivity index (χ4n) is 2.24. The molecule has 1 amide bonds. The van der Waals surface area contributed by atoms with E-state index in [1.54, 1.807) is 0 Å². The number of amides is 1. The van der Waals surface area contributed by atoms with Crippen LogP contribution in [0.1, 0.15) is 10.5 Å². The molecule has 2 heterocycles. The molecule has 0 radical (unpaired) electrons. The second-order valence-electron chi connectivity index (χ2n) is 4.92. The van der Waals surface area contributed by atoms with Crippen molar-refractivity contribution in [3.63, 3.8) is 0 Å². The molecule has 0 bridgehead atoms. The van der Waals surface area contributed by atoms with Gasteiger partial charge in [0.2, 0.25) is 0 Å². The maximum absolute atomic E-state index is 13.2. The standard InChI is InChI=1S/C13H16ClF3N4O.2ClH/c14-9-1-2-10(19-7-9)12(22)20-8-11(13(15,16)17)21-5-3-18-4-6-21;;/h1-2,7,11,18H,3-6,8H2,(H,20,22);2*1H. The number of hydrogen-bond acceptors (Lipinski definition) is 4. The fourth-order valence-corrected chi connectivity index (χ4v) is 2.35. The second kappa shape index (κ2) is 10.2. The van der Waals surface area contributed by atoms with E-state index in [4.69, 9.17) is 11.6 Å². The highest BCUT2D eigenvalue weighted by molar-refractivity contribution is 6.30. The number of halogens is 6. The van der Waals surface area contributed by atoms with Crippen LogP contribution < -0.4 is 10.6 Å². The molecule has 1 aromatic heterocycles. The lowest BCUT2D eigenvalue weighted by atomic mass is 10.2. The molecule has 2 rings (SSSR count). The van der Waals surface area contributed by atoms with Crippen LogP contribution in [0.2, 0.25) is 5.02 Å². The van der Waals surface area contributed by atoms with Gasteiger partial charge < -0.3 is 10.6 Å². The lowest BCUT2D eigenvalue weighted by Crippen LogP contribution is -2.57. The highest BCUT2D eigenvalue weighted by Gasteiger charge is 2.43. The van der Waals surface area contributed by atoms with E-state index in [-0.39, 0.29) is 30.5 Å². The Balaban J connectivity index is 0.00000264. The van der Waals surface area contributed by atoms with Gasteiger partial charge in [-0.3, -0.25) is 9.69 Å². The highest BCUT2D eigenvalue weighted by Crippen LogP contribution is 2.24. The van der Waals surface area contributed by atoms with Crippen LogP contribution in [0, 0.1) is 0 Å². The number of alkyl halides is 3. The van der Waals surface area contributed by atoms with Crippen molar-refractivity contribution in [2.24, 2.45) is 0 Å². The average molecular weight is 410 g/mol. The van der Waals surface area contributed by atoms with E-state index >= 15 is 0 Å². The third-order valence-electron chi connectivity index (χ3n) is 3.39. The van der Waals surface area contributed by atoms with Crippen molar-refractivity contribution in [3.05, 3.63) is 29.0 Å². The zero-order valence-electron chi connectivity index (χ0n) is 12.5. The maximum Gasteiger partial charge on any atom is 0.405 e. The maximum atomic E-state index is 13.2. The van der Waals surface area contributed by atoms with Gasteiger partial charge in [0.15, 0.2) is 0 Å². The number of nitrogens with zero attached hydrogens (tertiary/aromatic N) is 2. The van der Waals surface area contributed by atoms with Crippen LogP contribution in [-0.4, -0.2) is 60.7 Å². The van der Waals surface area contributed by atoms with Gasteiger partial charge in [-0.1, -0.05) is 11.6 Å². The third kappa shape index (κ3) is 6.60. The van der Waals surface area contributed by atoms with Gasteiger partial charge in [-0.25, -0.2) is 4.98 Å². The van der Waals surface area contributed by atoms with Crippen LogP contribution in [-0.2, 0) is 0 Å². The molecule has 11 heteroatoms. The molecule has 1 saturated heterocycles. The van der Waals surface area contributed by atoms with Crippen LogP contribution in [0.3, 0.4) is 0 Å². The zero-order chi connectivity index (χ0) is 16.2. The third-order valence-corrected chi connectivity index (χ3v) is 3.61. The fraction of sp³-hybridized carbons (Fsp3) is 0.538. The monoisotopic (exact) mass is 408 g/mol. The van der Waals surface area contributed by atoms with Crippen LogP contribution in [0.15, 0.2) is 18.3 Å². The number of aromatic nitrogens is 1. The molecule has 24 heavy (non-hydrogen) atoms. The largest absolute Gasteiger partial charge is 0.405 e. The van der Waals surface area contributed by atoms with Crippen LogP contribution in [0.4, 0.5) is 13.2 Å². The summed E-state index contributed by atoms with van der Waals surface area (Å²) in [6.07, 6.45) is -3.13. The smallest absolute Gasteiger partial charge is 0.349 e. The van der Waals surface area contributed by atoms with E-state index in [2.05, 4.69) is 15.6 Å². The summed E-state index contributed by atoms with van der Waals surface area (Å²) in [6.45, 7) is 1.07. The topological polar surface area (TPSA) is 57.3 Å². The Morgan fingerprint density at radius 2 is 1.96 bits per heavy atom. The first-order valence-electron chi connectivity index (χ1n) is 6.79. The predicted molar refractivity (Wildman–Crippen MR) is 90.4 cm³/mol.